The first kappa shape index (κ1) is 30.8. The number of nitrogen functional groups attached to an aromatic ring is 2. The molecule has 0 aromatic carbocycles. The summed E-state index contributed by atoms with van der Waals surface area (Å²) in [4.78, 5) is 35.4. The summed E-state index contributed by atoms with van der Waals surface area (Å²) in [7, 11) is -0.402. The van der Waals surface area contributed by atoms with Crippen molar-refractivity contribution >= 4 is 72.7 Å². The van der Waals surface area contributed by atoms with Crippen LogP contribution in [0.2, 0.25) is 0 Å². The van der Waals surface area contributed by atoms with Crippen LogP contribution in [0.1, 0.15) is 12.5 Å². The van der Waals surface area contributed by atoms with Crippen LogP contribution in [-0.2, 0) is 34.9 Å². The number of hydrogen-bond donors (Lipinski definition) is 6. The Kier molecular flexibility index (Phi) is 8.77. The fraction of sp³-hybridized carbons (Fsp3) is 0.500. The van der Waals surface area contributed by atoms with Crippen molar-refractivity contribution in [2.24, 2.45) is 0 Å². The fourth-order valence-electron chi connectivity index (χ4n) is 4.92. The zero-order chi connectivity index (χ0) is 30.5. The van der Waals surface area contributed by atoms with Crippen LogP contribution in [0.5, 0.6) is 0 Å². The number of aromatic nitrogens is 8. The Morgan fingerprint density at radius 2 is 1.56 bits per heavy atom. The van der Waals surface area contributed by atoms with Crippen molar-refractivity contribution in [1.29, 1.82) is 0 Å². The van der Waals surface area contributed by atoms with E-state index in [4.69, 9.17) is 46.3 Å². The van der Waals surface area contributed by atoms with Crippen molar-refractivity contribution in [2.75, 3.05) is 24.7 Å². The van der Waals surface area contributed by atoms with Crippen molar-refractivity contribution in [1.82, 2.24) is 39.0 Å². The summed E-state index contributed by atoms with van der Waals surface area (Å²) in [6, 6.07) is 0. The maximum absolute atomic E-state index is 15.7. The number of aliphatic hydroxyl groups is 2. The zero-order valence-electron chi connectivity index (χ0n) is 21.6. The van der Waals surface area contributed by atoms with E-state index in [1.165, 1.54) is 34.4 Å². The number of imidazole rings is 2. The normalized spacial score (nSPS) is 31.1. The highest BCUT2D eigenvalue weighted by molar-refractivity contribution is 8.36. The summed E-state index contributed by atoms with van der Waals surface area (Å²) in [5.41, 5.74) is 12.7. The van der Waals surface area contributed by atoms with Gasteiger partial charge in [-0.25, -0.2) is 34.3 Å². The zero-order valence-corrected chi connectivity index (χ0v) is 25.2. The summed E-state index contributed by atoms with van der Waals surface area (Å²) in [6.07, 6.45) is -5.23. The fourth-order valence-corrected chi connectivity index (χ4v) is 7.11. The Bertz CT molecular complexity index is 1670. The molecule has 6 heterocycles. The van der Waals surface area contributed by atoms with Crippen LogP contribution in [-0.4, -0.2) is 104 Å². The average Bonchev–Trinajstić information content (AvgIpc) is 3.74. The molecule has 0 spiro atoms. The average molecular weight is 679 g/mol. The molecule has 2 aliphatic heterocycles. The highest BCUT2D eigenvalue weighted by Crippen LogP contribution is 2.51. The van der Waals surface area contributed by atoms with Crippen LogP contribution in [0.4, 0.5) is 16.0 Å². The number of nitrogens with zero attached hydrogens (tertiary/aromatic N) is 8. The summed E-state index contributed by atoms with van der Waals surface area (Å²) in [5.74, 6) is 0.215. The van der Waals surface area contributed by atoms with Gasteiger partial charge in [-0.3, -0.25) is 13.7 Å². The van der Waals surface area contributed by atoms with Gasteiger partial charge in [0, 0.05) is 0 Å². The molecule has 232 valence electrons. The predicted molar refractivity (Wildman–Crippen MR) is 155 cm³/mol. The Labute approximate surface area is 253 Å². The van der Waals surface area contributed by atoms with E-state index in [-0.39, 0.29) is 34.0 Å². The van der Waals surface area contributed by atoms with Gasteiger partial charge >= 0.3 is 6.72 Å². The second-order valence-electron chi connectivity index (χ2n) is 9.42. The molecule has 0 bridgehead atoms. The van der Waals surface area contributed by atoms with Crippen molar-refractivity contribution in [3.63, 3.8) is 0 Å². The highest BCUT2D eigenvalue weighted by Gasteiger charge is 2.50. The molecular formula is C20H25FN10O8P2S2. The molecule has 10 atom stereocenters. The molecule has 0 radical (unpaired) electrons. The van der Waals surface area contributed by atoms with Gasteiger partial charge in [-0.15, -0.1) is 12.2 Å². The number of nitrogens with two attached hydrogens (primary N) is 2. The molecule has 2 fully saturated rings. The van der Waals surface area contributed by atoms with Gasteiger partial charge in [0.05, 0.1) is 33.9 Å². The molecule has 0 aliphatic carbocycles. The van der Waals surface area contributed by atoms with Gasteiger partial charge in [0.2, 0.25) is 0 Å². The Hall–Kier alpha value is -2.26. The standard InChI is InChI=1S/C20H25FN10O8P2S2/c21-9-13(38-40-42)8(37-19(9)30-5-28-10-15(22)24-3-26-17(10)30)2-35-41(34,43)39-14-12(33)7(1-32)36-20(14)31-6-29-11-16(23)25-4-27-18(11)31/h3-9,12-14,19-20,32-33,40,42H,1-2H2,(H,34,43)(H2,22,24,26)(H2,23,25,27)/t7-,8?,9-,12-,13-,14-,19-,20-,41?/m1/s1. The van der Waals surface area contributed by atoms with E-state index < -0.39 is 77.1 Å². The van der Waals surface area contributed by atoms with Crippen molar-refractivity contribution in [3.05, 3.63) is 25.3 Å². The van der Waals surface area contributed by atoms with Crippen molar-refractivity contribution in [3.8, 4) is 0 Å². The topological polar surface area (TPSA) is 246 Å². The minimum Gasteiger partial charge on any atom is -0.394 e. The largest absolute Gasteiger partial charge is 0.394 e. The van der Waals surface area contributed by atoms with Crippen LogP contribution in [0.3, 0.4) is 0 Å². The van der Waals surface area contributed by atoms with Gasteiger partial charge in [-0.2, -0.15) is 0 Å². The molecule has 0 amide bonds. The van der Waals surface area contributed by atoms with Gasteiger partial charge in [0.25, 0.3) is 0 Å². The van der Waals surface area contributed by atoms with Crippen LogP contribution < -0.4 is 11.5 Å². The SMILES string of the molecule is Nc1ncnc2c1ncn2[C@@H]1OC(COP(O)(=S)O[C@@H]2[C@H](O)[C@@H](CO)O[C@H]2n2cnc3c(N)ncnc32)[C@@H](OPS)[C@H]1F. The first-order chi connectivity index (χ1) is 20.6. The van der Waals surface area contributed by atoms with E-state index >= 15 is 4.39 Å². The summed E-state index contributed by atoms with van der Waals surface area (Å²) in [5, 5.41) is 20.6. The molecule has 2 saturated heterocycles. The van der Waals surface area contributed by atoms with E-state index in [1.807, 2.05) is 0 Å². The lowest BCUT2D eigenvalue weighted by Gasteiger charge is -2.27. The molecule has 4 aromatic heterocycles. The molecule has 43 heavy (non-hydrogen) atoms. The number of halogens is 1. The molecule has 3 unspecified atom stereocenters. The monoisotopic (exact) mass is 678 g/mol. The molecule has 4 aromatic rings. The first-order valence-corrected chi connectivity index (χ1v) is 17.2. The van der Waals surface area contributed by atoms with Gasteiger partial charge in [-0.05, 0) is 11.8 Å². The third-order valence-corrected chi connectivity index (χ3v) is 9.18. The minimum absolute atomic E-state index is 0.105. The Balaban J connectivity index is 1.20. The lowest BCUT2D eigenvalue weighted by Crippen LogP contribution is -2.35. The number of thiol groups is 1. The molecule has 0 saturated carbocycles. The van der Waals surface area contributed by atoms with E-state index in [2.05, 4.69) is 42.2 Å². The minimum atomic E-state index is -4.18. The van der Waals surface area contributed by atoms with Gasteiger partial charge in [0.1, 0.15) is 54.2 Å². The highest BCUT2D eigenvalue weighted by atomic mass is 32.7. The van der Waals surface area contributed by atoms with Crippen LogP contribution in [0.25, 0.3) is 22.3 Å². The second-order valence-corrected chi connectivity index (χ2v) is 13.2. The van der Waals surface area contributed by atoms with Gasteiger partial charge < -0.3 is 45.1 Å². The number of hydrogen-bond acceptors (Lipinski definition) is 17. The van der Waals surface area contributed by atoms with Crippen molar-refractivity contribution < 1.29 is 42.5 Å². The maximum Gasteiger partial charge on any atom is 0.325 e. The van der Waals surface area contributed by atoms with Gasteiger partial charge in [0.15, 0.2) is 41.6 Å². The Morgan fingerprint density at radius 1 is 0.977 bits per heavy atom. The molecule has 18 nitrogen and oxygen atoms in total. The van der Waals surface area contributed by atoms with Gasteiger partial charge in [-0.1, -0.05) is 0 Å². The lowest BCUT2D eigenvalue weighted by molar-refractivity contribution is -0.0541. The molecular weight excluding hydrogens is 653 g/mol. The molecule has 6 rings (SSSR count). The van der Waals surface area contributed by atoms with E-state index in [0.29, 0.717) is 0 Å². The van der Waals surface area contributed by atoms with Crippen LogP contribution >= 0.6 is 27.0 Å². The molecule has 2 aliphatic rings. The van der Waals surface area contributed by atoms with E-state index in [1.54, 1.807) is 0 Å². The molecule has 7 N–H and O–H groups in total. The second kappa shape index (κ2) is 12.3. The lowest BCUT2D eigenvalue weighted by atomic mass is 10.1. The first-order valence-electron chi connectivity index (χ1n) is 12.4. The van der Waals surface area contributed by atoms with E-state index in [0.717, 1.165) is 0 Å². The van der Waals surface area contributed by atoms with Crippen LogP contribution in [0, 0.1) is 0 Å². The maximum atomic E-state index is 15.7. The Morgan fingerprint density at radius 3 is 2.14 bits per heavy atom. The van der Waals surface area contributed by atoms with Crippen LogP contribution in [0.15, 0.2) is 25.3 Å². The number of fused-ring (bicyclic) bond motifs is 2. The number of ether oxygens (including phenoxy) is 2. The summed E-state index contributed by atoms with van der Waals surface area (Å²) in [6.45, 7) is -5.22. The molecule has 23 heteroatoms. The third-order valence-electron chi connectivity index (χ3n) is 6.93. The predicted octanol–water partition coefficient (Wildman–Crippen LogP) is -0.241. The smallest absolute Gasteiger partial charge is 0.325 e. The number of rotatable bonds is 10. The number of aliphatic hydroxyl groups excluding tert-OH is 2. The summed E-state index contributed by atoms with van der Waals surface area (Å²) < 4.78 is 46.9. The number of anilines is 2. The number of alkyl halides is 1. The third kappa shape index (κ3) is 5.69. The summed E-state index contributed by atoms with van der Waals surface area (Å²) >= 11 is 9.30. The van der Waals surface area contributed by atoms with Crippen molar-refractivity contribution in [2.45, 2.75) is 49.1 Å². The quantitative estimate of drug-likeness (QED) is 0.0936. The van der Waals surface area contributed by atoms with E-state index in [9.17, 15) is 15.1 Å².